The van der Waals surface area contributed by atoms with Crippen molar-refractivity contribution in [1.82, 2.24) is 0 Å². The average molecular weight is 283 g/mol. The van der Waals surface area contributed by atoms with Crippen LogP contribution in [0.1, 0.15) is 37.0 Å². The molecule has 0 aromatic heterocycles. The molecule has 0 unspecified atom stereocenters. The molecule has 0 heterocycles. The zero-order valence-corrected chi connectivity index (χ0v) is 11.9. The second-order valence-corrected chi connectivity index (χ2v) is 5.89. The lowest BCUT2D eigenvalue weighted by Gasteiger charge is -2.29. The molecule has 0 bridgehead atoms. The molecule has 1 aromatic rings. The van der Waals surface area contributed by atoms with Crippen LogP contribution in [0.25, 0.3) is 0 Å². The first kappa shape index (κ1) is 14.0. The highest BCUT2D eigenvalue weighted by Gasteiger charge is 2.33. The standard InChI is InChI=1S/C14H19ClN2O2/c1-8(2)7-17(10-3-4-10)13-11(14(18)19)5-9(16)6-12(13)15/h5-6,8,10H,3-4,7,16H2,1-2H3,(H,18,19). The first-order valence-corrected chi connectivity index (χ1v) is 6.87. The molecule has 1 fully saturated rings. The molecular formula is C14H19ClN2O2. The highest BCUT2D eigenvalue weighted by atomic mass is 35.5. The fraction of sp³-hybridized carbons (Fsp3) is 0.500. The summed E-state index contributed by atoms with van der Waals surface area (Å²) in [4.78, 5) is 13.5. The lowest BCUT2D eigenvalue weighted by atomic mass is 10.1. The van der Waals surface area contributed by atoms with Crippen molar-refractivity contribution in [3.8, 4) is 0 Å². The van der Waals surface area contributed by atoms with Crippen LogP contribution < -0.4 is 10.6 Å². The number of carboxylic acids is 1. The van der Waals surface area contributed by atoms with Crippen molar-refractivity contribution in [3.63, 3.8) is 0 Å². The van der Waals surface area contributed by atoms with Gasteiger partial charge in [0.2, 0.25) is 0 Å². The van der Waals surface area contributed by atoms with Gasteiger partial charge in [0.15, 0.2) is 0 Å². The molecule has 5 heteroatoms. The number of aromatic carboxylic acids is 1. The molecular weight excluding hydrogens is 264 g/mol. The van der Waals surface area contributed by atoms with Crippen molar-refractivity contribution in [1.29, 1.82) is 0 Å². The lowest BCUT2D eigenvalue weighted by molar-refractivity contribution is 0.0697. The van der Waals surface area contributed by atoms with Gasteiger partial charge in [-0.05, 0) is 30.9 Å². The molecule has 0 amide bonds. The van der Waals surface area contributed by atoms with Crippen LogP contribution in [0.3, 0.4) is 0 Å². The van der Waals surface area contributed by atoms with E-state index in [1.54, 1.807) is 6.07 Å². The number of nitrogen functional groups attached to an aromatic ring is 1. The number of anilines is 2. The Morgan fingerprint density at radius 1 is 1.53 bits per heavy atom. The monoisotopic (exact) mass is 282 g/mol. The number of nitrogens with zero attached hydrogens (tertiary/aromatic N) is 1. The second-order valence-electron chi connectivity index (χ2n) is 5.48. The smallest absolute Gasteiger partial charge is 0.337 e. The highest BCUT2D eigenvalue weighted by molar-refractivity contribution is 6.34. The summed E-state index contributed by atoms with van der Waals surface area (Å²) in [5.74, 6) is -0.547. The van der Waals surface area contributed by atoms with Gasteiger partial charge in [0.25, 0.3) is 0 Å². The molecule has 1 aliphatic rings. The Balaban J connectivity index is 2.48. The summed E-state index contributed by atoms with van der Waals surface area (Å²) < 4.78 is 0. The molecule has 0 atom stereocenters. The van der Waals surface area contributed by atoms with Crippen LogP contribution in [0, 0.1) is 5.92 Å². The van der Waals surface area contributed by atoms with Crippen molar-refractivity contribution >= 4 is 28.9 Å². The molecule has 19 heavy (non-hydrogen) atoms. The van der Waals surface area contributed by atoms with Crippen LogP contribution in [0.2, 0.25) is 5.02 Å². The molecule has 3 N–H and O–H groups in total. The number of nitrogens with two attached hydrogens (primary N) is 1. The minimum Gasteiger partial charge on any atom is -0.478 e. The van der Waals surface area contributed by atoms with E-state index in [4.69, 9.17) is 17.3 Å². The van der Waals surface area contributed by atoms with E-state index in [0.717, 1.165) is 19.4 Å². The normalized spacial score (nSPS) is 14.7. The number of benzene rings is 1. The van der Waals surface area contributed by atoms with Crippen molar-refractivity contribution in [2.24, 2.45) is 5.92 Å². The number of halogens is 1. The molecule has 0 spiro atoms. The van der Waals surface area contributed by atoms with Gasteiger partial charge in [-0.1, -0.05) is 25.4 Å². The van der Waals surface area contributed by atoms with Crippen LogP contribution in [-0.2, 0) is 0 Å². The minimum absolute atomic E-state index is 0.192. The Bertz CT molecular complexity index is 498. The predicted octanol–water partition coefficient (Wildman–Crippen LogP) is 3.25. The van der Waals surface area contributed by atoms with Gasteiger partial charge in [0, 0.05) is 18.3 Å². The van der Waals surface area contributed by atoms with Gasteiger partial charge >= 0.3 is 5.97 Å². The fourth-order valence-corrected chi connectivity index (χ4v) is 2.61. The van der Waals surface area contributed by atoms with Gasteiger partial charge in [-0.15, -0.1) is 0 Å². The number of hydrogen-bond acceptors (Lipinski definition) is 3. The molecule has 0 radical (unpaired) electrons. The van der Waals surface area contributed by atoms with Crippen molar-refractivity contribution in [2.45, 2.75) is 32.7 Å². The van der Waals surface area contributed by atoms with Crippen molar-refractivity contribution < 1.29 is 9.90 Å². The molecule has 1 saturated carbocycles. The largest absolute Gasteiger partial charge is 0.478 e. The maximum atomic E-state index is 11.4. The molecule has 1 aromatic carbocycles. The van der Waals surface area contributed by atoms with E-state index < -0.39 is 5.97 Å². The van der Waals surface area contributed by atoms with E-state index in [1.165, 1.54) is 6.07 Å². The second kappa shape index (κ2) is 5.29. The van der Waals surface area contributed by atoms with Gasteiger partial charge in [-0.25, -0.2) is 4.79 Å². The lowest BCUT2D eigenvalue weighted by Crippen LogP contribution is -2.31. The van der Waals surface area contributed by atoms with E-state index in [2.05, 4.69) is 18.7 Å². The zero-order chi connectivity index (χ0) is 14.2. The summed E-state index contributed by atoms with van der Waals surface area (Å²) in [5, 5.41) is 9.78. The maximum Gasteiger partial charge on any atom is 0.337 e. The third-order valence-corrected chi connectivity index (χ3v) is 3.44. The van der Waals surface area contributed by atoms with Gasteiger partial charge in [-0.2, -0.15) is 0 Å². The topological polar surface area (TPSA) is 66.6 Å². The third kappa shape index (κ3) is 3.13. The van der Waals surface area contributed by atoms with E-state index in [1.807, 2.05) is 0 Å². The van der Waals surface area contributed by atoms with Crippen LogP contribution in [0.4, 0.5) is 11.4 Å². The zero-order valence-electron chi connectivity index (χ0n) is 11.2. The highest BCUT2D eigenvalue weighted by Crippen LogP contribution is 2.39. The molecule has 104 valence electrons. The number of hydrogen-bond donors (Lipinski definition) is 2. The molecule has 0 aliphatic heterocycles. The number of carboxylic acid groups (broad SMARTS) is 1. The van der Waals surface area contributed by atoms with Crippen molar-refractivity contribution in [3.05, 3.63) is 22.7 Å². The number of carbonyl (C=O) groups is 1. The van der Waals surface area contributed by atoms with E-state index in [-0.39, 0.29) is 5.56 Å². The summed E-state index contributed by atoms with van der Waals surface area (Å²) >= 11 is 6.24. The molecule has 0 saturated heterocycles. The summed E-state index contributed by atoms with van der Waals surface area (Å²) in [6, 6.07) is 3.51. The molecule has 4 nitrogen and oxygen atoms in total. The van der Waals surface area contributed by atoms with E-state index in [0.29, 0.717) is 28.4 Å². The predicted molar refractivity (Wildman–Crippen MR) is 78.0 cm³/mol. The van der Waals surface area contributed by atoms with Gasteiger partial charge in [0.05, 0.1) is 16.3 Å². The Morgan fingerprint density at radius 2 is 2.16 bits per heavy atom. The maximum absolute atomic E-state index is 11.4. The van der Waals surface area contributed by atoms with Crippen LogP contribution >= 0.6 is 11.6 Å². The first-order valence-electron chi connectivity index (χ1n) is 6.49. The van der Waals surface area contributed by atoms with E-state index >= 15 is 0 Å². The van der Waals surface area contributed by atoms with Gasteiger partial charge < -0.3 is 15.7 Å². The Kier molecular flexibility index (Phi) is 3.90. The van der Waals surface area contributed by atoms with Crippen LogP contribution in [-0.4, -0.2) is 23.7 Å². The summed E-state index contributed by atoms with van der Waals surface area (Å²) in [5.41, 5.74) is 6.88. The summed E-state index contributed by atoms with van der Waals surface area (Å²) in [7, 11) is 0. The quantitative estimate of drug-likeness (QED) is 0.814. The van der Waals surface area contributed by atoms with E-state index in [9.17, 15) is 9.90 Å². The SMILES string of the molecule is CC(C)CN(c1c(Cl)cc(N)cc1C(=O)O)C1CC1. The molecule has 1 aliphatic carbocycles. The van der Waals surface area contributed by atoms with Gasteiger partial charge in [0.1, 0.15) is 0 Å². The third-order valence-electron chi connectivity index (χ3n) is 3.15. The molecule has 2 rings (SSSR count). The first-order chi connectivity index (χ1) is 8.90. The van der Waals surface area contributed by atoms with Crippen molar-refractivity contribution in [2.75, 3.05) is 17.2 Å². The fourth-order valence-electron chi connectivity index (χ4n) is 2.28. The Morgan fingerprint density at radius 3 is 2.63 bits per heavy atom. The Hall–Kier alpha value is -1.42. The average Bonchev–Trinajstić information content (AvgIpc) is 3.08. The minimum atomic E-state index is -0.987. The van der Waals surface area contributed by atoms with Gasteiger partial charge in [-0.3, -0.25) is 0 Å². The van der Waals surface area contributed by atoms with Crippen LogP contribution in [0.15, 0.2) is 12.1 Å². The number of rotatable bonds is 5. The Labute approximate surface area is 118 Å². The van der Waals surface area contributed by atoms with Crippen LogP contribution in [0.5, 0.6) is 0 Å². The summed E-state index contributed by atoms with van der Waals surface area (Å²) in [6.45, 7) is 5.02. The summed E-state index contributed by atoms with van der Waals surface area (Å²) in [6.07, 6.45) is 2.18.